The molecule has 1 nitrogen and oxygen atoms in total. The van der Waals surface area contributed by atoms with Gasteiger partial charge in [-0.1, -0.05) is 51.4 Å². The Hall–Kier alpha value is -0.600. The summed E-state index contributed by atoms with van der Waals surface area (Å²) in [5.74, 6) is -0.295. The zero-order chi connectivity index (χ0) is 15.0. The van der Waals surface area contributed by atoms with Crippen molar-refractivity contribution in [3.8, 4) is 0 Å². The lowest BCUT2D eigenvalue weighted by Crippen LogP contribution is -2.43. The molecule has 1 aromatic carbocycles. The van der Waals surface area contributed by atoms with E-state index in [0.29, 0.717) is 29.0 Å². The Morgan fingerprint density at radius 1 is 1.20 bits per heavy atom. The number of nitrogens with one attached hydrogen (secondary N) is 1. The molecule has 0 aromatic heterocycles. The molecule has 1 N–H and O–H groups in total. The molecular formula is C17H25ClFN. The van der Waals surface area contributed by atoms with Crippen LogP contribution in [0.3, 0.4) is 0 Å². The third-order valence-corrected chi connectivity index (χ3v) is 4.46. The Morgan fingerprint density at radius 3 is 2.40 bits per heavy atom. The third-order valence-electron chi connectivity index (χ3n) is 4.17. The van der Waals surface area contributed by atoms with Crippen LogP contribution in [-0.2, 0) is 6.54 Å². The predicted octanol–water partition coefficient (Wildman–Crippen LogP) is 5.17. The second-order valence-corrected chi connectivity index (χ2v) is 8.11. The maximum atomic E-state index is 13.9. The average molecular weight is 298 g/mol. The fraction of sp³-hybridized carbons (Fsp3) is 0.647. The van der Waals surface area contributed by atoms with Crippen LogP contribution >= 0.6 is 11.6 Å². The number of halogens is 2. The van der Waals surface area contributed by atoms with Crippen molar-refractivity contribution in [1.82, 2.24) is 5.32 Å². The number of hydrogen-bond donors (Lipinski definition) is 1. The first-order valence-corrected chi connectivity index (χ1v) is 7.73. The van der Waals surface area contributed by atoms with Crippen LogP contribution in [-0.4, -0.2) is 6.04 Å². The van der Waals surface area contributed by atoms with Crippen molar-refractivity contribution in [2.24, 2.45) is 10.8 Å². The molecule has 0 amide bonds. The largest absolute Gasteiger partial charge is 0.310 e. The summed E-state index contributed by atoms with van der Waals surface area (Å²) in [7, 11) is 0. The summed E-state index contributed by atoms with van der Waals surface area (Å²) in [5.41, 5.74) is 1.33. The molecule has 0 aliphatic heterocycles. The second kappa shape index (κ2) is 5.65. The predicted molar refractivity (Wildman–Crippen MR) is 83.5 cm³/mol. The highest BCUT2D eigenvalue weighted by molar-refractivity contribution is 6.30. The van der Waals surface area contributed by atoms with Crippen LogP contribution in [0.5, 0.6) is 0 Å². The molecule has 3 heteroatoms. The van der Waals surface area contributed by atoms with E-state index in [4.69, 9.17) is 11.6 Å². The Labute approximate surface area is 126 Å². The smallest absolute Gasteiger partial charge is 0.146 e. The molecule has 0 radical (unpaired) electrons. The van der Waals surface area contributed by atoms with Gasteiger partial charge in [-0.2, -0.15) is 0 Å². The van der Waals surface area contributed by atoms with Crippen LogP contribution < -0.4 is 5.32 Å². The standard InChI is InChI=1S/C17H25ClFN/c1-16(2)8-13(9-17(3,4)11-16)20-10-12-6-5-7-14(18)15(12)19/h5-7,13,20H,8-11H2,1-4H3. The van der Waals surface area contributed by atoms with E-state index in [1.807, 2.05) is 0 Å². The van der Waals surface area contributed by atoms with E-state index in [1.165, 1.54) is 6.42 Å². The first-order chi connectivity index (χ1) is 9.19. The molecule has 2 rings (SSSR count). The molecule has 1 fully saturated rings. The van der Waals surface area contributed by atoms with E-state index in [9.17, 15) is 4.39 Å². The second-order valence-electron chi connectivity index (χ2n) is 7.70. The van der Waals surface area contributed by atoms with E-state index >= 15 is 0 Å². The van der Waals surface area contributed by atoms with Crippen molar-refractivity contribution in [2.45, 2.75) is 59.5 Å². The van der Waals surface area contributed by atoms with Gasteiger partial charge in [0.1, 0.15) is 5.82 Å². The summed E-state index contributed by atoms with van der Waals surface area (Å²) < 4.78 is 13.9. The van der Waals surface area contributed by atoms with E-state index in [1.54, 1.807) is 18.2 Å². The Balaban J connectivity index is 2.02. The first kappa shape index (κ1) is 15.8. The van der Waals surface area contributed by atoms with Crippen molar-refractivity contribution < 1.29 is 4.39 Å². The van der Waals surface area contributed by atoms with Crippen LogP contribution in [0.1, 0.15) is 52.5 Å². The van der Waals surface area contributed by atoms with Crippen LogP contribution in [0, 0.1) is 16.6 Å². The van der Waals surface area contributed by atoms with Gasteiger partial charge in [-0.25, -0.2) is 4.39 Å². The number of benzene rings is 1. The molecule has 0 spiro atoms. The fourth-order valence-corrected chi connectivity index (χ4v) is 4.12. The molecule has 0 bridgehead atoms. The lowest BCUT2D eigenvalue weighted by Gasteiger charge is -2.45. The topological polar surface area (TPSA) is 12.0 Å². The van der Waals surface area contributed by atoms with Crippen LogP contribution in [0.4, 0.5) is 4.39 Å². The Morgan fingerprint density at radius 2 is 1.80 bits per heavy atom. The fourth-order valence-electron chi connectivity index (χ4n) is 3.93. The van der Waals surface area contributed by atoms with E-state index < -0.39 is 0 Å². The molecule has 20 heavy (non-hydrogen) atoms. The zero-order valence-electron chi connectivity index (χ0n) is 12.9. The van der Waals surface area contributed by atoms with Crippen molar-refractivity contribution in [3.63, 3.8) is 0 Å². The molecule has 1 saturated carbocycles. The van der Waals surface area contributed by atoms with Crippen molar-refractivity contribution in [1.29, 1.82) is 0 Å². The van der Waals surface area contributed by atoms with E-state index in [0.717, 1.165) is 12.8 Å². The van der Waals surface area contributed by atoms with Crippen molar-refractivity contribution >= 4 is 11.6 Å². The first-order valence-electron chi connectivity index (χ1n) is 7.35. The molecule has 1 aliphatic rings. The van der Waals surface area contributed by atoms with E-state index in [2.05, 4.69) is 33.0 Å². The summed E-state index contributed by atoms with van der Waals surface area (Å²) in [4.78, 5) is 0. The molecule has 0 unspecified atom stereocenters. The average Bonchev–Trinajstić information content (AvgIpc) is 2.27. The van der Waals surface area contributed by atoms with Gasteiger partial charge >= 0.3 is 0 Å². The summed E-state index contributed by atoms with van der Waals surface area (Å²) >= 11 is 5.82. The minimum Gasteiger partial charge on any atom is -0.310 e. The SMILES string of the molecule is CC1(C)CC(NCc2cccc(Cl)c2F)CC(C)(C)C1. The van der Waals surface area contributed by atoms with Crippen LogP contribution in [0.15, 0.2) is 18.2 Å². The minimum absolute atomic E-state index is 0.202. The summed E-state index contributed by atoms with van der Waals surface area (Å²) in [6, 6.07) is 5.63. The molecule has 0 heterocycles. The molecule has 1 aliphatic carbocycles. The molecular weight excluding hydrogens is 273 g/mol. The Bertz CT molecular complexity index is 466. The van der Waals surface area contributed by atoms with E-state index in [-0.39, 0.29) is 10.8 Å². The highest BCUT2D eigenvalue weighted by Crippen LogP contribution is 2.45. The van der Waals surface area contributed by atoms with Crippen molar-refractivity contribution in [3.05, 3.63) is 34.6 Å². The minimum atomic E-state index is -0.295. The van der Waals surface area contributed by atoms with Gasteiger partial charge in [0, 0.05) is 18.2 Å². The quantitative estimate of drug-likeness (QED) is 0.811. The van der Waals surface area contributed by atoms with Crippen LogP contribution in [0.2, 0.25) is 5.02 Å². The molecule has 112 valence electrons. The number of hydrogen-bond acceptors (Lipinski definition) is 1. The van der Waals surface area contributed by atoms with Gasteiger partial charge in [-0.15, -0.1) is 0 Å². The highest BCUT2D eigenvalue weighted by Gasteiger charge is 2.38. The number of rotatable bonds is 3. The van der Waals surface area contributed by atoms with Gasteiger partial charge in [-0.05, 0) is 36.2 Å². The van der Waals surface area contributed by atoms with Gasteiger partial charge < -0.3 is 5.32 Å². The normalized spacial score (nSPS) is 21.9. The van der Waals surface area contributed by atoms with Crippen molar-refractivity contribution in [2.75, 3.05) is 0 Å². The van der Waals surface area contributed by atoms with Gasteiger partial charge in [-0.3, -0.25) is 0 Å². The third kappa shape index (κ3) is 3.95. The van der Waals surface area contributed by atoms with Crippen LogP contribution in [0.25, 0.3) is 0 Å². The zero-order valence-corrected chi connectivity index (χ0v) is 13.6. The highest BCUT2D eigenvalue weighted by atomic mass is 35.5. The molecule has 0 saturated heterocycles. The van der Waals surface area contributed by atoms with Gasteiger partial charge in [0.15, 0.2) is 0 Å². The van der Waals surface area contributed by atoms with Gasteiger partial charge in [0.25, 0.3) is 0 Å². The lowest BCUT2D eigenvalue weighted by molar-refractivity contribution is 0.0844. The molecule has 0 atom stereocenters. The molecule has 1 aromatic rings. The maximum absolute atomic E-state index is 13.9. The monoisotopic (exact) mass is 297 g/mol. The summed E-state index contributed by atoms with van der Waals surface area (Å²) in [6.45, 7) is 9.83. The van der Waals surface area contributed by atoms with Gasteiger partial charge in [0.2, 0.25) is 0 Å². The van der Waals surface area contributed by atoms with Gasteiger partial charge in [0.05, 0.1) is 5.02 Å². The Kier molecular flexibility index (Phi) is 4.46. The lowest BCUT2D eigenvalue weighted by atomic mass is 9.63. The maximum Gasteiger partial charge on any atom is 0.146 e. The summed E-state index contributed by atoms with van der Waals surface area (Å²) in [5, 5.41) is 3.72. The summed E-state index contributed by atoms with van der Waals surface area (Å²) in [6.07, 6.45) is 3.51.